The van der Waals surface area contributed by atoms with Gasteiger partial charge in [-0.3, -0.25) is 4.79 Å². The van der Waals surface area contributed by atoms with Crippen molar-refractivity contribution in [2.75, 3.05) is 13.1 Å². The van der Waals surface area contributed by atoms with Gasteiger partial charge in [0.1, 0.15) is 0 Å². The second-order valence-electron chi connectivity index (χ2n) is 4.97. The second-order valence-corrected chi connectivity index (χ2v) is 4.97. The second kappa shape index (κ2) is 8.97. The molecule has 2 amide bonds. The molecule has 0 aliphatic heterocycles. The van der Waals surface area contributed by atoms with Crippen molar-refractivity contribution in [3.05, 3.63) is 35.9 Å². The van der Waals surface area contributed by atoms with E-state index < -0.39 is 18.1 Å². The molecule has 0 heterocycles. The van der Waals surface area contributed by atoms with Gasteiger partial charge in [0.15, 0.2) is 0 Å². The van der Waals surface area contributed by atoms with E-state index in [0.717, 1.165) is 5.56 Å². The lowest BCUT2D eigenvalue weighted by atomic mass is 9.93. The maximum Gasteiger partial charge on any atom is 0.314 e. The molecule has 0 spiro atoms. The van der Waals surface area contributed by atoms with E-state index in [9.17, 15) is 14.7 Å². The van der Waals surface area contributed by atoms with Gasteiger partial charge in [0.25, 0.3) is 0 Å². The summed E-state index contributed by atoms with van der Waals surface area (Å²) in [4.78, 5) is 21.9. The molecular formula is C15H22N2O4. The molecule has 0 aliphatic carbocycles. The third kappa shape index (κ3) is 7.31. The summed E-state index contributed by atoms with van der Waals surface area (Å²) in [6, 6.07) is 9.25. The number of carbonyl (C=O) groups excluding carboxylic acids is 1. The van der Waals surface area contributed by atoms with Crippen LogP contribution in [0.2, 0.25) is 0 Å². The number of amides is 2. The van der Waals surface area contributed by atoms with Crippen LogP contribution in [0.5, 0.6) is 0 Å². The van der Waals surface area contributed by atoms with Crippen LogP contribution in [-0.4, -0.2) is 41.4 Å². The largest absolute Gasteiger partial charge is 0.481 e. The van der Waals surface area contributed by atoms with Crippen LogP contribution in [0, 0.1) is 0 Å². The Morgan fingerprint density at radius 1 is 1.19 bits per heavy atom. The highest BCUT2D eigenvalue weighted by Gasteiger charge is 2.15. The van der Waals surface area contributed by atoms with Gasteiger partial charge in [-0.15, -0.1) is 0 Å². The van der Waals surface area contributed by atoms with E-state index in [0.29, 0.717) is 13.0 Å². The number of aliphatic carboxylic acids is 1. The summed E-state index contributed by atoms with van der Waals surface area (Å²) in [6.07, 6.45) is -0.0325. The van der Waals surface area contributed by atoms with Gasteiger partial charge in [0.05, 0.1) is 12.5 Å². The molecule has 0 bridgehead atoms. The molecule has 0 saturated carbocycles. The normalized spacial score (nSPS) is 13.2. The Bertz CT molecular complexity index is 448. The lowest BCUT2D eigenvalue weighted by Gasteiger charge is -2.19. The fraction of sp³-hybridized carbons (Fsp3) is 0.467. The monoisotopic (exact) mass is 294 g/mol. The molecule has 21 heavy (non-hydrogen) atoms. The molecule has 2 atom stereocenters. The minimum Gasteiger partial charge on any atom is -0.481 e. The predicted molar refractivity (Wildman–Crippen MR) is 79.1 cm³/mol. The highest BCUT2D eigenvalue weighted by Crippen LogP contribution is 2.20. The standard InChI is InChI=1S/C15H22N2O4/c1-11(18)9-13(12-5-3-2-4-6-12)10-17-15(21)16-8-7-14(19)20/h2-6,11,13,18H,7-10H2,1H3,(H,19,20)(H2,16,17,21). The summed E-state index contributed by atoms with van der Waals surface area (Å²) < 4.78 is 0. The average molecular weight is 294 g/mol. The van der Waals surface area contributed by atoms with E-state index in [-0.39, 0.29) is 18.9 Å². The van der Waals surface area contributed by atoms with Gasteiger partial charge in [0, 0.05) is 19.0 Å². The molecule has 0 aromatic heterocycles. The van der Waals surface area contributed by atoms with Crippen LogP contribution in [-0.2, 0) is 4.79 Å². The molecule has 1 aromatic rings. The van der Waals surface area contributed by atoms with Crippen LogP contribution in [0.1, 0.15) is 31.2 Å². The van der Waals surface area contributed by atoms with Gasteiger partial charge < -0.3 is 20.8 Å². The molecule has 0 aliphatic rings. The predicted octanol–water partition coefficient (Wildman–Crippen LogP) is 1.31. The first kappa shape index (κ1) is 17.0. The van der Waals surface area contributed by atoms with Crippen LogP contribution in [0.4, 0.5) is 4.79 Å². The van der Waals surface area contributed by atoms with E-state index in [2.05, 4.69) is 10.6 Å². The zero-order valence-electron chi connectivity index (χ0n) is 12.1. The lowest BCUT2D eigenvalue weighted by Crippen LogP contribution is -2.39. The molecule has 0 saturated heterocycles. The van der Waals surface area contributed by atoms with Crippen molar-refractivity contribution in [1.82, 2.24) is 10.6 Å². The zero-order chi connectivity index (χ0) is 15.7. The SMILES string of the molecule is CC(O)CC(CNC(=O)NCCC(=O)O)c1ccccc1. The first-order chi connectivity index (χ1) is 9.99. The van der Waals surface area contributed by atoms with Crippen molar-refractivity contribution >= 4 is 12.0 Å². The van der Waals surface area contributed by atoms with Crippen molar-refractivity contribution in [3.63, 3.8) is 0 Å². The maximum absolute atomic E-state index is 11.6. The Morgan fingerprint density at radius 2 is 1.86 bits per heavy atom. The Kier molecular flexibility index (Phi) is 7.25. The maximum atomic E-state index is 11.6. The van der Waals surface area contributed by atoms with Crippen LogP contribution in [0.3, 0.4) is 0 Å². The average Bonchev–Trinajstić information content (AvgIpc) is 2.43. The zero-order valence-corrected chi connectivity index (χ0v) is 12.1. The van der Waals surface area contributed by atoms with Gasteiger partial charge in [-0.1, -0.05) is 30.3 Å². The number of benzene rings is 1. The number of carbonyl (C=O) groups is 2. The first-order valence-electron chi connectivity index (χ1n) is 6.95. The summed E-state index contributed by atoms with van der Waals surface area (Å²) in [5.74, 6) is -0.942. The van der Waals surface area contributed by atoms with Crippen LogP contribution < -0.4 is 10.6 Å². The smallest absolute Gasteiger partial charge is 0.314 e. The highest BCUT2D eigenvalue weighted by molar-refractivity contribution is 5.75. The minimum atomic E-state index is -0.952. The summed E-state index contributed by atoms with van der Waals surface area (Å²) in [5.41, 5.74) is 1.05. The molecule has 2 unspecified atom stereocenters. The summed E-state index contributed by atoms with van der Waals surface area (Å²) in [5, 5.41) is 23.2. The first-order valence-corrected chi connectivity index (χ1v) is 6.95. The number of hydrogen-bond acceptors (Lipinski definition) is 3. The van der Waals surface area contributed by atoms with Gasteiger partial charge in [-0.2, -0.15) is 0 Å². The van der Waals surface area contributed by atoms with E-state index in [1.807, 2.05) is 30.3 Å². The third-order valence-corrected chi connectivity index (χ3v) is 3.03. The molecule has 116 valence electrons. The van der Waals surface area contributed by atoms with Gasteiger partial charge in [0.2, 0.25) is 0 Å². The van der Waals surface area contributed by atoms with Crippen molar-refractivity contribution < 1.29 is 19.8 Å². The van der Waals surface area contributed by atoms with Gasteiger partial charge in [-0.25, -0.2) is 4.79 Å². The molecule has 0 fully saturated rings. The Labute approximate surface area is 124 Å². The molecule has 0 radical (unpaired) electrons. The quantitative estimate of drug-likeness (QED) is 0.581. The topological polar surface area (TPSA) is 98.7 Å². The number of aliphatic hydroxyl groups is 1. The summed E-state index contributed by atoms with van der Waals surface area (Å²) in [6.45, 7) is 2.18. The van der Waals surface area contributed by atoms with E-state index >= 15 is 0 Å². The van der Waals surface area contributed by atoms with Gasteiger partial charge >= 0.3 is 12.0 Å². The number of nitrogens with one attached hydrogen (secondary N) is 2. The molecule has 1 aromatic carbocycles. The lowest BCUT2D eigenvalue weighted by molar-refractivity contribution is -0.136. The summed E-state index contributed by atoms with van der Waals surface area (Å²) >= 11 is 0. The van der Waals surface area contributed by atoms with Crippen LogP contribution in [0.25, 0.3) is 0 Å². The molecular weight excluding hydrogens is 272 g/mol. The van der Waals surface area contributed by atoms with Crippen LogP contribution >= 0.6 is 0 Å². The van der Waals surface area contributed by atoms with Crippen molar-refractivity contribution in [3.8, 4) is 0 Å². The fourth-order valence-corrected chi connectivity index (χ4v) is 2.04. The Balaban J connectivity index is 2.46. The number of carboxylic acid groups (broad SMARTS) is 1. The van der Waals surface area contributed by atoms with Crippen molar-refractivity contribution in [2.45, 2.75) is 31.8 Å². The van der Waals surface area contributed by atoms with E-state index in [4.69, 9.17) is 5.11 Å². The van der Waals surface area contributed by atoms with Crippen molar-refractivity contribution in [1.29, 1.82) is 0 Å². The summed E-state index contributed by atoms with van der Waals surface area (Å²) in [7, 11) is 0. The van der Waals surface area contributed by atoms with E-state index in [1.54, 1.807) is 6.92 Å². The molecule has 1 rings (SSSR count). The fourth-order valence-electron chi connectivity index (χ4n) is 2.04. The molecule has 6 nitrogen and oxygen atoms in total. The number of aliphatic hydroxyl groups excluding tert-OH is 1. The third-order valence-electron chi connectivity index (χ3n) is 3.03. The number of urea groups is 1. The molecule has 4 N–H and O–H groups in total. The highest BCUT2D eigenvalue weighted by atomic mass is 16.4. The van der Waals surface area contributed by atoms with Crippen molar-refractivity contribution in [2.24, 2.45) is 0 Å². The minimum absolute atomic E-state index is 0.0106. The Morgan fingerprint density at radius 3 is 2.43 bits per heavy atom. The molecule has 6 heteroatoms. The number of carboxylic acids is 1. The number of rotatable bonds is 8. The number of hydrogen-bond donors (Lipinski definition) is 4. The van der Waals surface area contributed by atoms with E-state index in [1.165, 1.54) is 0 Å². The Hall–Kier alpha value is -2.08. The van der Waals surface area contributed by atoms with Gasteiger partial charge in [-0.05, 0) is 18.9 Å². The van der Waals surface area contributed by atoms with Crippen LogP contribution in [0.15, 0.2) is 30.3 Å².